The van der Waals surface area contributed by atoms with Gasteiger partial charge in [0.15, 0.2) is 5.16 Å². The van der Waals surface area contributed by atoms with Crippen LogP contribution in [0.5, 0.6) is 0 Å². The number of halogens is 1. The number of fused-ring (bicyclic) bond motifs is 1. The van der Waals surface area contributed by atoms with Gasteiger partial charge in [0, 0.05) is 27.8 Å². The molecule has 2 aromatic carbocycles. The number of nitrogens with zero attached hydrogens (tertiary/aromatic N) is 2. The number of H-pyrrole nitrogens is 1. The highest BCUT2D eigenvalue weighted by molar-refractivity contribution is 7.98. The molecule has 0 aliphatic heterocycles. The Bertz CT molecular complexity index is 1420. The van der Waals surface area contributed by atoms with Crippen LogP contribution in [0.2, 0.25) is 5.02 Å². The maximum absolute atomic E-state index is 12.4. The van der Waals surface area contributed by atoms with Crippen molar-refractivity contribution in [2.75, 3.05) is 0 Å². The first-order chi connectivity index (χ1) is 14.4. The smallest absolute Gasteiger partial charge is 0.336 e. The topological polar surface area (TPSA) is 99.7 Å². The summed E-state index contributed by atoms with van der Waals surface area (Å²) in [6.07, 6.45) is 0. The average Bonchev–Trinajstić information content (AvgIpc) is 2.71. The fourth-order valence-electron chi connectivity index (χ4n) is 3.04. The summed E-state index contributed by atoms with van der Waals surface area (Å²) in [5, 5.41) is 11.1. The highest BCUT2D eigenvalue weighted by atomic mass is 35.5. The minimum absolute atomic E-state index is 0.0667. The van der Waals surface area contributed by atoms with Crippen LogP contribution in [0.25, 0.3) is 22.2 Å². The third-order valence-corrected chi connectivity index (χ3v) is 5.65. The van der Waals surface area contributed by atoms with Crippen molar-refractivity contribution in [3.63, 3.8) is 0 Å². The predicted molar refractivity (Wildman–Crippen MR) is 117 cm³/mol. The number of thioether (sulfide) groups is 1. The van der Waals surface area contributed by atoms with Gasteiger partial charge in [-0.25, -0.2) is 9.78 Å². The van der Waals surface area contributed by atoms with Crippen molar-refractivity contribution in [3.8, 4) is 17.3 Å². The summed E-state index contributed by atoms with van der Waals surface area (Å²) in [6.45, 7) is 1.92. The number of aromatic nitrogens is 2. The summed E-state index contributed by atoms with van der Waals surface area (Å²) in [5.74, 6) is 0.389. The number of nitriles is 1. The number of rotatable bonds is 4. The molecule has 0 unspecified atom stereocenters. The first-order valence-electron chi connectivity index (χ1n) is 8.91. The maximum atomic E-state index is 12.4. The van der Waals surface area contributed by atoms with Crippen molar-refractivity contribution in [3.05, 3.63) is 91.0 Å². The second-order valence-corrected chi connectivity index (χ2v) is 7.99. The van der Waals surface area contributed by atoms with E-state index in [0.717, 1.165) is 16.5 Å². The Morgan fingerprint density at radius 2 is 1.93 bits per heavy atom. The normalized spacial score (nSPS) is 10.8. The Labute approximate surface area is 180 Å². The van der Waals surface area contributed by atoms with Crippen LogP contribution < -0.4 is 11.2 Å². The van der Waals surface area contributed by atoms with E-state index >= 15 is 0 Å². The lowest BCUT2D eigenvalue weighted by molar-refractivity contribution is 0.559. The van der Waals surface area contributed by atoms with Gasteiger partial charge in [-0.05, 0) is 36.2 Å². The van der Waals surface area contributed by atoms with E-state index in [0.29, 0.717) is 27.1 Å². The number of nitrogens with one attached hydrogen (secondary N) is 1. The third-order valence-electron chi connectivity index (χ3n) is 4.48. The average molecular weight is 436 g/mol. The highest BCUT2D eigenvalue weighted by Gasteiger charge is 2.14. The van der Waals surface area contributed by atoms with Gasteiger partial charge in [-0.3, -0.25) is 4.79 Å². The van der Waals surface area contributed by atoms with Crippen LogP contribution in [0.15, 0.2) is 67.7 Å². The quantitative estimate of drug-likeness (QED) is 0.284. The zero-order chi connectivity index (χ0) is 21.3. The van der Waals surface area contributed by atoms with E-state index in [9.17, 15) is 14.9 Å². The van der Waals surface area contributed by atoms with E-state index in [1.54, 1.807) is 24.3 Å². The molecule has 0 aliphatic carbocycles. The van der Waals surface area contributed by atoms with Crippen LogP contribution >= 0.6 is 23.4 Å². The molecule has 0 spiro atoms. The van der Waals surface area contributed by atoms with Crippen molar-refractivity contribution in [2.24, 2.45) is 0 Å². The molecular formula is C22H14ClN3O3S. The van der Waals surface area contributed by atoms with Crippen molar-refractivity contribution in [1.82, 2.24) is 9.97 Å². The molecule has 1 N–H and O–H groups in total. The zero-order valence-electron chi connectivity index (χ0n) is 15.7. The van der Waals surface area contributed by atoms with Crippen molar-refractivity contribution >= 4 is 34.3 Å². The minimum atomic E-state index is -0.520. The molecule has 0 fully saturated rings. The Morgan fingerprint density at radius 3 is 2.67 bits per heavy atom. The molecule has 0 saturated heterocycles. The number of aromatic amines is 1. The van der Waals surface area contributed by atoms with Gasteiger partial charge in [0.25, 0.3) is 5.56 Å². The molecule has 6 nitrogen and oxygen atoms in total. The molecular weight excluding hydrogens is 422 g/mol. The zero-order valence-corrected chi connectivity index (χ0v) is 17.3. The van der Waals surface area contributed by atoms with Crippen molar-refractivity contribution in [1.29, 1.82) is 5.26 Å². The van der Waals surface area contributed by atoms with Gasteiger partial charge < -0.3 is 9.40 Å². The Hall–Kier alpha value is -3.34. The summed E-state index contributed by atoms with van der Waals surface area (Å²) >= 11 is 7.20. The Kier molecular flexibility index (Phi) is 5.44. The molecule has 30 heavy (non-hydrogen) atoms. The van der Waals surface area contributed by atoms with Crippen LogP contribution in [0, 0.1) is 18.3 Å². The minimum Gasteiger partial charge on any atom is -0.423 e. The lowest BCUT2D eigenvalue weighted by atomic mass is 10.1. The van der Waals surface area contributed by atoms with Gasteiger partial charge in [0.05, 0.1) is 5.69 Å². The Balaban J connectivity index is 1.72. The first kappa shape index (κ1) is 20.0. The Morgan fingerprint density at radius 1 is 1.17 bits per heavy atom. The van der Waals surface area contributed by atoms with E-state index in [1.165, 1.54) is 17.8 Å². The molecule has 0 bridgehead atoms. The van der Waals surface area contributed by atoms with E-state index in [1.807, 2.05) is 31.2 Å². The van der Waals surface area contributed by atoms with Crippen LogP contribution in [0.1, 0.15) is 16.7 Å². The molecule has 4 rings (SSSR count). The second-order valence-electron chi connectivity index (χ2n) is 6.59. The van der Waals surface area contributed by atoms with E-state index in [4.69, 9.17) is 16.0 Å². The molecule has 0 aliphatic rings. The van der Waals surface area contributed by atoms with Gasteiger partial charge in [-0.2, -0.15) is 5.26 Å². The first-order valence-corrected chi connectivity index (χ1v) is 10.3. The van der Waals surface area contributed by atoms with Gasteiger partial charge in [0.1, 0.15) is 17.2 Å². The number of benzene rings is 2. The largest absolute Gasteiger partial charge is 0.423 e. The molecule has 148 valence electrons. The van der Waals surface area contributed by atoms with Crippen molar-refractivity contribution in [2.45, 2.75) is 17.8 Å². The molecule has 2 heterocycles. The fourth-order valence-corrected chi connectivity index (χ4v) is 4.02. The summed E-state index contributed by atoms with van der Waals surface area (Å²) < 4.78 is 5.29. The third kappa shape index (κ3) is 4.01. The van der Waals surface area contributed by atoms with Crippen LogP contribution in [0.4, 0.5) is 0 Å². The molecule has 0 radical (unpaired) electrons. The summed E-state index contributed by atoms with van der Waals surface area (Å²) in [6, 6.07) is 15.8. The van der Waals surface area contributed by atoms with Gasteiger partial charge in [0.2, 0.25) is 0 Å². The fraction of sp³-hybridized carbons (Fsp3) is 0.0909. The monoisotopic (exact) mass is 435 g/mol. The summed E-state index contributed by atoms with van der Waals surface area (Å²) in [4.78, 5) is 31.5. The van der Waals surface area contributed by atoms with Gasteiger partial charge >= 0.3 is 5.63 Å². The van der Waals surface area contributed by atoms with E-state index < -0.39 is 11.2 Å². The number of hydrogen-bond donors (Lipinski definition) is 1. The van der Waals surface area contributed by atoms with Gasteiger partial charge in [-0.1, -0.05) is 47.6 Å². The molecule has 0 amide bonds. The molecule has 0 atom stereocenters. The molecule has 8 heteroatoms. The van der Waals surface area contributed by atoms with Gasteiger partial charge in [-0.15, -0.1) is 0 Å². The SMILES string of the molecule is Cc1ccc2c(CSc3nc(-c4ccc(Cl)cc4)c(C#N)c(=O)[nH]3)cc(=O)oc2c1. The highest BCUT2D eigenvalue weighted by Crippen LogP contribution is 2.27. The molecule has 4 aromatic rings. The number of aryl methyl sites for hydroxylation is 1. The standard InChI is InChI=1S/C22H14ClN3O3S/c1-12-2-7-16-14(9-19(27)29-18(16)8-12)11-30-22-25-20(17(10-24)21(28)26-22)13-3-5-15(23)6-4-13/h2-9H,11H2,1H3,(H,25,26,28). The molecule has 0 saturated carbocycles. The van der Waals surface area contributed by atoms with Crippen LogP contribution in [-0.4, -0.2) is 9.97 Å². The van der Waals surface area contributed by atoms with Crippen molar-refractivity contribution < 1.29 is 4.42 Å². The van der Waals surface area contributed by atoms with Crippen LogP contribution in [0.3, 0.4) is 0 Å². The maximum Gasteiger partial charge on any atom is 0.336 e. The van der Waals surface area contributed by atoms with Crippen LogP contribution in [-0.2, 0) is 5.75 Å². The molecule has 2 aromatic heterocycles. The second kappa shape index (κ2) is 8.19. The summed E-state index contributed by atoms with van der Waals surface area (Å²) in [5.41, 5.74) is 2.15. The predicted octanol–water partition coefficient (Wildman–Crippen LogP) is 4.67. The lowest BCUT2D eigenvalue weighted by Crippen LogP contribution is -2.14. The van der Waals surface area contributed by atoms with E-state index in [2.05, 4.69) is 9.97 Å². The summed E-state index contributed by atoms with van der Waals surface area (Å²) in [7, 11) is 0. The van der Waals surface area contributed by atoms with E-state index in [-0.39, 0.29) is 11.3 Å². The number of hydrogen-bond acceptors (Lipinski definition) is 6. The lowest BCUT2D eigenvalue weighted by Gasteiger charge is -2.08.